The van der Waals surface area contributed by atoms with Crippen LogP contribution in [0.3, 0.4) is 0 Å². The Bertz CT molecular complexity index is 1140. The number of rotatable bonds is 5. The number of hydrogen-bond acceptors (Lipinski definition) is 3. The second kappa shape index (κ2) is 8.87. The van der Waals surface area contributed by atoms with E-state index in [1.165, 1.54) is 11.1 Å². The first-order valence-corrected chi connectivity index (χ1v) is 11.3. The molecule has 3 aromatic rings. The SMILES string of the molecule is O=C(NCc1cccc(N2CCCC2=O)c1)c1ccc(N2CCc3ccccc3C2)cc1. The molecule has 0 unspecified atom stereocenters. The van der Waals surface area contributed by atoms with Crippen molar-refractivity contribution < 1.29 is 9.59 Å². The Hall–Kier alpha value is -3.60. The highest BCUT2D eigenvalue weighted by atomic mass is 16.2. The van der Waals surface area contributed by atoms with E-state index in [-0.39, 0.29) is 11.8 Å². The minimum absolute atomic E-state index is 0.0943. The van der Waals surface area contributed by atoms with Gasteiger partial charge in [-0.25, -0.2) is 0 Å². The maximum atomic E-state index is 12.7. The maximum Gasteiger partial charge on any atom is 0.251 e. The van der Waals surface area contributed by atoms with E-state index in [0.717, 1.165) is 49.4 Å². The lowest BCUT2D eigenvalue weighted by Crippen LogP contribution is -2.30. The molecule has 1 fully saturated rings. The average Bonchev–Trinajstić information content (AvgIpc) is 3.28. The Morgan fingerprint density at radius 3 is 2.44 bits per heavy atom. The molecule has 0 radical (unpaired) electrons. The number of carbonyl (C=O) groups excluding carboxylic acids is 2. The molecule has 0 bridgehead atoms. The van der Waals surface area contributed by atoms with Gasteiger partial charge in [-0.05, 0) is 65.9 Å². The molecule has 3 aromatic carbocycles. The number of amides is 2. The van der Waals surface area contributed by atoms with Gasteiger partial charge in [-0.2, -0.15) is 0 Å². The van der Waals surface area contributed by atoms with Gasteiger partial charge in [-0.3, -0.25) is 9.59 Å². The van der Waals surface area contributed by atoms with Gasteiger partial charge in [0.2, 0.25) is 5.91 Å². The summed E-state index contributed by atoms with van der Waals surface area (Å²) in [6.45, 7) is 3.08. The lowest BCUT2D eigenvalue weighted by atomic mass is 9.99. The number of nitrogens with one attached hydrogen (secondary N) is 1. The van der Waals surface area contributed by atoms with Crippen molar-refractivity contribution in [3.05, 3.63) is 95.1 Å². The normalized spacial score (nSPS) is 15.6. The molecule has 1 N–H and O–H groups in total. The van der Waals surface area contributed by atoms with Gasteiger partial charge < -0.3 is 15.1 Å². The van der Waals surface area contributed by atoms with Gasteiger partial charge in [0.25, 0.3) is 5.91 Å². The Morgan fingerprint density at radius 2 is 1.66 bits per heavy atom. The van der Waals surface area contributed by atoms with Gasteiger partial charge in [0.05, 0.1) is 0 Å². The van der Waals surface area contributed by atoms with Gasteiger partial charge in [0.15, 0.2) is 0 Å². The molecule has 5 heteroatoms. The fourth-order valence-corrected chi connectivity index (χ4v) is 4.58. The van der Waals surface area contributed by atoms with Gasteiger partial charge in [-0.15, -0.1) is 0 Å². The van der Waals surface area contributed by atoms with Gasteiger partial charge in [0.1, 0.15) is 0 Å². The van der Waals surface area contributed by atoms with Crippen molar-refractivity contribution in [2.45, 2.75) is 32.4 Å². The molecular formula is C27H27N3O2. The van der Waals surface area contributed by atoms with E-state index >= 15 is 0 Å². The second-order valence-corrected chi connectivity index (χ2v) is 8.49. The minimum atomic E-state index is -0.0943. The van der Waals surface area contributed by atoms with Crippen LogP contribution >= 0.6 is 0 Å². The summed E-state index contributed by atoms with van der Waals surface area (Å²) in [5.74, 6) is 0.0756. The topological polar surface area (TPSA) is 52.7 Å². The molecule has 0 spiro atoms. The summed E-state index contributed by atoms with van der Waals surface area (Å²) in [6.07, 6.45) is 2.56. The second-order valence-electron chi connectivity index (χ2n) is 8.49. The van der Waals surface area contributed by atoms with Crippen LogP contribution in [0.4, 0.5) is 11.4 Å². The smallest absolute Gasteiger partial charge is 0.251 e. The molecule has 5 nitrogen and oxygen atoms in total. The van der Waals surface area contributed by atoms with Crippen LogP contribution < -0.4 is 15.1 Å². The average molecular weight is 426 g/mol. The predicted molar refractivity (Wildman–Crippen MR) is 127 cm³/mol. The first-order valence-electron chi connectivity index (χ1n) is 11.3. The summed E-state index contributed by atoms with van der Waals surface area (Å²) >= 11 is 0. The van der Waals surface area contributed by atoms with E-state index in [2.05, 4.69) is 34.5 Å². The number of fused-ring (bicyclic) bond motifs is 1. The fraction of sp³-hybridized carbons (Fsp3) is 0.259. The monoisotopic (exact) mass is 425 g/mol. The van der Waals surface area contributed by atoms with Crippen LogP contribution in [0, 0.1) is 0 Å². The molecule has 2 aliphatic heterocycles. The Balaban J connectivity index is 1.20. The highest BCUT2D eigenvalue weighted by Gasteiger charge is 2.21. The molecular weight excluding hydrogens is 398 g/mol. The Kier molecular flexibility index (Phi) is 5.63. The van der Waals surface area contributed by atoms with Crippen LogP contribution in [0.2, 0.25) is 0 Å². The molecule has 0 aliphatic carbocycles. The summed E-state index contributed by atoms with van der Waals surface area (Å²) in [4.78, 5) is 28.8. The third kappa shape index (κ3) is 4.24. The molecule has 0 saturated carbocycles. The van der Waals surface area contributed by atoms with E-state index in [0.29, 0.717) is 18.5 Å². The molecule has 1 saturated heterocycles. The van der Waals surface area contributed by atoms with Gasteiger partial charge >= 0.3 is 0 Å². The summed E-state index contributed by atoms with van der Waals surface area (Å²) in [5, 5.41) is 3.00. The summed E-state index contributed by atoms with van der Waals surface area (Å²) in [5.41, 5.74) is 6.48. The van der Waals surface area contributed by atoms with Gasteiger partial charge in [-0.1, -0.05) is 36.4 Å². The first kappa shape index (κ1) is 20.3. The zero-order valence-corrected chi connectivity index (χ0v) is 18.1. The van der Waals surface area contributed by atoms with Crippen LogP contribution in [-0.2, 0) is 24.3 Å². The zero-order valence-electron chi connectivity index (χ0n) is 18.1. The van der Waals surface area contributed by atoms with Crippen LogP contribution in [-0.4, -0.2) is 24.9 Å². The number of carbonyl (C=O) groups is 2. The molecule has 5 rings (SSSR count). The molecule has 2 aliphatic rings. The van der Waals surface area contributed by atoms with E-state index in [1.807, 2.05) is 53.4 Å². The number of anilines is 2. The molecule has 32 heavy (non-hydrogen) atoms. The molecule has 2 heterocycles. The van der Waals surface area contributed by atoms with Crippen molar-refractivity contribution in [2.75, 3.05) is 22.9 Å². The molecule has 162 valence electrons. The van der Waals surface area contributed by atoms with E-state index in [9.17, 15) is 9.59 Å². The summed E-state index contributed by atoms with van der Waals surface area (Å²) < 4.78 is 0. The lowest BCUT2D eigenvalue weighted by Gasteiger charge is -2.30. The summed E-state index contributed by atoms with van der Waals surface area (Å²) in [7, 11) is 0. The highest BCUT2D eigenvalue weighted by molar-refractivity contribution is 5.96. The van der Waals surface area contributed by atoms with Crippen molar-refractivity contribution in [3.63, 3.8) is 0 Å². The fourth-order valence-electron chi connectivity index (χ4n) is 4.58. The number of benzene rings is 3. The molecule has 0 atom stereocenters. The Morgan fingerprint density at radius 1 is 0.844 bits per heavy atom. The molecule has 2 amide bonds. The Labute approximate surface area is 188 Å². The standard InChI is InChI=1S/C27H27N3O2/c31-26-9-4-15-30(26)25-8-3-5-20(17-25)18-28-27(32)22-10-12-24(13-11-22)29-16-14-21-6-1-2-7-23(21)19-29/h1-3,5-8,10-13,17H,4,9,14-16,18-19H2,(H,28,32). The van der Waals surface area contributed by atoms with Crippen molar-refractivity contribution in [1.82, 2.24) is 5.32 Å². The van der Waals surface area contributed by atoms with Crippen molar-refractivity contribution in [3.8, 4) is 0 Å². The number of hydrogen-bond donors (Lipinski definition) is 1. The third-order valence-corrected chi connectivity index (χ3v) is 6.37. The lowest BCUT2D eigenvalue weighted by molar-refractivity contribution is -0.117. The maximum absolute atomic E-state index is 12.7. The van der Waals surface area contributed by atoms with E-state index in [1.54, 1.807) is 0 Å². The largest absolute Gasteiger partial charge is 0.367 e. The van der Waals surface area contributed by atoms with Crippen molar-refractivity contribution in [2.24, 2.45) is 0 Å². The van der Waals surface area contributed by atoms with Crippen LogP contribution in [0.15, 0.2) is 72.8 Å². The van der Waals surface area contributed by atoms with E-state index < -0.39 is 0 Å². The predicted octanol–water partition coefficient (Wildman–Crippen LogP) is 4.31. The third-order valence-electron chi connectivity index (χ3n) is 6.37. The summed E-state index contributed by atoms with van der Waals surface area (Å²) in [6, 6.07) is 24.3. The first-order chi connectivity index (χ1) is 15.7. The quantitative estimate of drug-likeness (QED) is 0.663. The highest BCUT2D eigenvalue weighted by Crippen LogP contribution is 2.25. The zero-order chi connectivity index (χ0) is 21.9. The number of nitrogens with zero attached hydrogens (tertiary/aromatic N) is 2. The van der Waals surface area contributed by atoms with Crippen molar-refractivity contribution in [1.29, 1.82) is 0 Å². The van der Waals surface area contributed by atoms with Crippen LogP contribution in [0.1, 0.15) is 39.9 Å². The van der Waals surface area contributed by atoms with Gasteiger partial charge in [0, 0.05) is 49.5 Å². The van der Waals surface area contributed by atoms with Crippen LogP contribution in [0.25, 0.3) is 0 Å². The van der Waals surface area contributed by atoms with Crippen molar-refractivity contribution >= 4 is 23.2 Å². The molecule has 0 aromatic heterocycles. The van der Waals surface area contributed by atoms with E-state index in [4.69, 9.17) is 0 Å². The minimum Gasteiger partial charge on any atom is -0.367 e. The van der Waals surface area contributed by atoms with Crippen LogP contribution in [0.5, 0.6) is 0 Å².